The molecule has 0 aliphatic rings. The van der Waals surface area contributed by atoms with Crippen LogP contribution in [-0.4, -0.2) is 35.6 Å². The number of anilines is 1. The smallest absolute Gasteiger partial charge is 0.259 e. The summed E-state index contributed by atoms with van der Waals surface area (Å²) in [6, 6.07) is 3.60. The summed E-state index contributed by atoms with van der Waals surface area (Å²) < 4.78 is 8.82. The van der Waals surface area contributed by atoms with Crippen LogP contribution >= 0.6 is 0 Å². The maximum Gasteiger partial charge on any atom is 0.259 e. The van der Waals surface area contributed by atoms with Crippen LogP contribution in [-0.2, 0) is 13.6 Å². The fourth-order valence-corrected chi connectivity index (χ4v) is 3.19. The van der Waals surface area contributed by atoms with Gasteiger partial charge in [0.2, 0.25) is 0 Å². The third-order valence-corrected chi connectivity index (χ3v) is 4.44. The van der Waals surface area contributed by atoms with Gasteiger partial charge in [-0.15, -0.1) is 0 Å². The number of carbonyl (C=O) groups is 1. The van der Waals surface area contributed by atoms with Crippen molar-refractivity contribution in [1.29, 1.82) is 0 Å². The number of nitrogens with zero attached hydrogens (tertiary/aromatic N) is 6. The highest BCUT2D eigenvalue weighted by atomic mass is 16.5. The van der Waals surface area contributed by atoms with E-state index in [-0.39, 0.29) is 5.91 Å². The van der Waals surface area contributed by atoms with Crippen LogP contribution in [0.2, 0.25) is 0 Å². The van der Waals surface area contributed by atoms with E-state index in [1.807, 2.05) is 26.2 Å². The van der Waals surface area contributed by atoms with Gasteiger partial charge in [0.1, 0.15) is 5.82 Å². The number of fused-ring (bicyclic) bond motifs is 1. The number of rotatable bonds is 5. The predicted molar refractivity (Wildman–Crippen MR) is 104 cm³/mol. The van der Waals surface area contributed by atoms with Crippen molar-refractivity contribution < 1.29 is 9.32 Å². The van der Waals surface area contributed by atoms with E-state index in [0.29, 0.717) is 33.9 Å². The highest BCUT2D eigenvalue weighted by Crippen LogP contribution is 2.27. The fourth-order valence-electron chi connectivity index (χ4n) is 3.19. The van der Waals surface area contributed by atoms with Crippen molar-refractivity contribution in [2.24, 2.45) is 7.05 Å². The molecule has 0 spiro atoms. The zero-order valence-corrected chi connectivity index (χ0v) is 16.2. The average molecular weight is 379 g/mol. The summed E-state index contributed by atoms with van der Waals surface area (Å²) in [4.78, 5) is 17.7. The lowest BCUT2D eigenvalue weighted by atomic mass is 10.1. The van der Waals surface area contributed by atoms with Crippen LogP contribution in [0.3, 0.4) is 0 Å². The van der Waals surface area contributed by atoms with Crippen LogP contribution in [0.15, 0.2) is 29.0 Å². The van der Waals surface area contributed by atoms with Gasteiger partial charge in [-0.2, -0.15) is 10.2 Å². The quantitative estimate of drug-likeness (QED) is 0.571. The van der Waals surface area contributed by atoms with Gasteiger partial charge in [-0.05, 0) is 26.3 Å². The first-order valence-electron chi connectivity index (χ1n) is 9.08. The highest BCUT2D eigenvalue weighted by molar-refractivity contribution is 6.12. The largest absolute Gasteiger partial charge is 0.335 e. The molecule has 9 nitrogen and oxygen atoms in total. The van der Waals surface area contributed by atoms with Crippen molar-refractivity contribution >= 4 is 22.8 Å². The van der Waals surface area contributed by atoms with E-state index in [1.165, 1.54) is 0 Å². The van der Waals surface area contributed by atoms with E-state index < -0.39 is 0 Å². The molecule has 4 aromatic heterocycles. The molecule has 0 aliphatic carbocycles. The number of hydrogen-bond acceptors (Lipinski definition) is 6. The molecule has 0 atom stereocenters. The first-order valence-corrected chi connectivity index (χ1v) is 9.08. The molecule has 0 saturated carbocycles. The lowest BCUT2D eigenvalue weighted by molar-refractivity contribution is 0.102. The van der Waals surface area contributed by atoms with Gasteiger partial charge in [-0.1, -0.05) is 12.1 Å². The number of amides is 1. The molecule has 4 aromatic rings. The van der Waals surface area contributed by atoms with Gasteiger partial charge in [-0.25, -0.2) is 9.67 Å². The Morgan fingerprint density at radius 1 is 1.29 bits per heavy atom. The van der Waals surface area contributed by atoms with Gasteiger partial charge in [0, 0.05) is 31.4 Å². The Balaban J connectivity index is 1.78. The van der Waals surface area contributed by atoms with E-state index in [9.17, 15) is 4.79 Å². The molecule has 144 valence electrons. The van der Waals surface area contributed by atoms with Crippen LogP contribution in [0.4, 0.5) is 5.82 Å². The van der Waals surface area contributed by atoms with Gasteiger partial charge >= 0.3 is 0 Å². The highest BCUT2D eigenvalue weighted by Gasteiger charge is 2.21. The molecule has 4 heterocycles. The van der Waals surface area contributed by atoms with Gasteiger partial charge in [0.25, 0.3) is 11.6 Å². The monoisotopic (exact) mass is 379 g/mol. The second kappa shape index (κ2) is 6.91. The minimum atomic E-state index is -0.263. The molecular weight excluding hydrogens is 358 g/mol. The number of pyridine rings is 1. The van der Waals surface area contributed by atoms with Crippen molar-refractivity contribution in [2.75, 3.05) is 5.32 Å². The third kappa shape index (κ3) is 3.15. The SMILES string of the molecule is CCCn1nc(C)cc1NC(=O)c1cc(-c2cnn(C)c2)nc2onc(C)c12. The van der Waals surface area contributed by atoms with Crippen LogP contribution in [0.25, 0.3) is 22.4 Å². The molecule has 1 amide bonds. The van der Waals surface area contributed by atoms with E-state index in [1.54, 1.807) is 28.6 Å². The average Bonchev–Trinajstić information content (AvgIpc) is 3.34. The molecule has 1 N–H and O–H groups in total. The number of carbonyl (C=O) groups excluding carboxylic acids is 1. The fraction of sp³-hybridized carbons (Fsp3) is 0.316. The van der Waals surface area contributed by atoms with Crippen LogP contribution in [0.5, 0.6) is 0 Å². The van der Waals surface area contributed by atoms with Crippen molar-refractivity contribution in [3.8, 4) is 11.3 Å². The van der Waals surface area contributed by atoms with E-state index in [2.05, 4.69) is 32.6 Å². The second-order valence-corrected chi connectivity index (χ2v) is 6.75. The molecule has 9 heteroatoms. The lowest BCUT2D eigenvalue weighted by Crippen LogP contribution is -2.16. The van der Waals surface area contributed by atoms with E-state index in [0.717, 1.165) is 24.2 Å². The zero-order chi connectivity index (χ0) is 19.8. The molecule has 0 saturated heterocycles. The minimum absolute atomic E-state index is 0.263. The van der Waals surface area contributed by atoms with Crippen molar-refractivity contribution in [2.45, 2.75) is 33.7 Å². The topological polar surface area (TPSA) is 104 Å². The predicted octanol–water partition coefficient (Wildman–Crippen LogP) is 3.10. The summed E-state index contributed by atoms with van der Waals surface area (Å²) in [6.07, 6.45) is 4.44. The second-order valence-electron chi connectivity index (χ2n) is 6.75. The molecule has 28 heavy (non-hydrogen) atoms. The first kappa shape index (κ1) is 17.9. The van der Waals surface area contributed by atoms with Crippen LogP contribution in [0, 0.1) is 13.8 Å². The minimum Gasteiger partial charge on any atom is -0.335 e. The molecule has 0 fully saturated rings. The Hall–Kier alpha value is -3.49. The maximum atomic E-state index is 13.2. The zero-order valence-electron chi connectivity index (χ0n) is 16.2. The normalized spacial score (nSPS) is 11.3. The summed E-state index contributed by atoms with van der Waals surface area (Å²) in [6.45, 7) is 6.48. The number of aryl methyl sites for hydroxylation is 4. The van der Waals surface area contributed by atoms with Crippen molar-refractivity contribution in [3.05, 3.63) is 41.5 Å². The molecule has 0 unspecified atom stereocenters. The first-order chi connectivity index (χ1) is 13.5. The van der Waals surface area contributed by atoms with Gasteiger partial charge < -0.3 is 9.84 Å². The van der Waals surface area contributed by atoms with E-state index >= 15 is 0 Å². The molecule has 4 rings (SSSR count). The molecule has 0 aliphatic heterocycles. The summed E-state index contributed by atoms with van der Waals surface area (Å²) in [7, 11) is 1.82. The van der Waals surface area contributed by atoms with Crippen molar-refractivity contribution in [3.63, 3.8) is 0 Å². The lowest BCUT2D eigenvalue weighted by Gasteiger charge is -2.09. The Bertz CT molecular complexity index is 1170. The standard InChI is InChI=1S/C19H21N7O2/c1-5-6-26-16(7-11(2)23-26)22-18(27)14-8-15(13-9-20-25(4)10-13)21-19-17(14)12(3)24-28-19/h7-10H,5-6H2,1-4H3,(H,22,27). The summed E-state index contributed by atoms with van der Waals surface area (Å²) >= 11 is 0. The summed E-state index contributed by atoms with van der Waals surface area (Å²) in [5.74, 6) is 0.396. The number of aromatic nitrogens is 6. The van der Waals surface area contributed by atoms with Crippen LogP contribution < -0.4 is 5.32 Å². The Morgan fingerprint density at radius 2 is 2.11 bits per heavy atom. The van der Waals surface area contributed by atoms with Crippen molar-refractivity contribution in [1.82, 2.24) is 29.7 Å². The van der Waals surface area contributed by atoms with Gasteiger partial charge in [0.15, 0.2) is 0 Å². The Labute approximate surface area is 161 Å². The summed E-state index contributed by atoms with van der Waals surface area (Å²) in [5.41, 5.74) is 3.62. The third-order valence-electron chi connectivity index (χ3n) is 4.44. The number of hydrogen-bond donors (Lipinski definition) is 1. The molecule has 0 radical (unpaired) electrons. The van der Waals surface area contributed by atoms with Gasteiger partial charge in [-0.3, -0.25) is 9.48 Å². The van der Waals surface area contributed by atoms with Gasteiger partial charge in [0.05, 0.1) is 34.2 Å². The number of nitrogens with one attached hydrogen (secondary N) is 1. The molecular formula is C19H21N7O2. The summed E-state index contributed by atoms with van der Waals surface area (Å²) in [5, 5.41) is 16.2. The Kier molecular flexibility index (Phi) is 4.42. The molecule has 0 bridgehead atoms. The van der Waals surface area contributed by atoms with E-state index in [4.69, 9.17) is 4.52 Å². The van der Waals surface area contributed by atoms with Crippen LogP contribution in [0.1, 0.15) is 35.1 Å². The Morgan fingerprint density at radius 3 is 2.82 bits per heavy atom. The maximum absolute atomic E-state index is 13.2. The molecule has 0 aromatic carbocycles.